The number of anilines is 2. The summed E-state index contributed by atoms with van der Waals surface area (Å²) in [6.45, 7) is 0.284. The summed E-state index contributed by atoms with van der Waals surface area (Å²) < 4.78 is 5.16. The molecule has 0 saturated carbocycles. The maximum absolute atomic E-state index is 11.9. The number of benzene rings is 2. The summed E-state index contributed by atoms with van der Waals surface area (Å²) in [6, 6.07) is 13.4. The minimum atomic E-state index is -0.461. The lowest BCUT2D eigenvalue weighted by molar-refractivity contribution is -0.384. The van der Waals surface area contributed by atoms with Gasteiger partial charge in [0.05, 0.1) is 17.7 Å². The normalized spacial score (nSPS) is 9.96. The number of nitrogens with one attached hydrogen (secondary N) is 2. The number of carbonyl (C=O) groups is 1. The number of methoxy groups -OCH3 is 1. The number of hydrogen-bond acceptors (Lipinski definition) is 5. The molecule has 0 aromatic heterocycles. The number of amides is 1. The van der Waals surface area contributed by atoms with E-state index in [1.165, 1.54) is 13.2 Å². The third-order valence-electron chi connectivity index (χ3n) is 3.15. The average molecular weight is 315 g/mol. The van der Waals surface area contributed by atoms with Crippen molar-refractivity contribution in [3.63, 3.8) is 0 Å². The Morgan fingerprint density at radius 3 is 2.48 bits per heavy atom. The molecule has 0 bridgehead atoms. The lowest BCUT2D eigenvalue weighted by atomic mass is 10.2. The summed E-state index contributed by atoms with van der Waals surface area (Å²) in [5.74, 6) is 0.369. The van der Waals surface area contributed by atoms with Crippen LogP contribution in [0.15, 0.2) is 48.5 Å². The standard InChI is InChI=1S/C16H17N3O4/c1-23-15-9-5-3-7-13(15)18-16(20)10-11-17-12-6-2-4-8-14(12)19(21)22/h2-9,17H,10-11H2,1H3,(H,18,20). The molecule has 2 N–H and O–H groups in total. The van der Waals surface area contributed by atoms with E-state index in [0.717, 1.165) is 0 Å². The van der Waals surface area contributed by atoms with Gasteiger partial charge in [-0.05, 0) is 18.2 Å². The predicted molar refractivity (Wildman–Crippen MR) is 87.8 cm³/mol. The number of hydrogen-bond donors (Lipinski definition) is 2. The second-order valence-electron chi connectivity index (χ2n) is 4.70. The van der Waals surface area contributed by atoms with E-state index in [4.69, 9.17) is 4.74 Å². The maximum atomic E-state index is 11.9. The highest BCUT2D eigenvalue weighted by Gasteiger charge is 2.12. The minimum absolute atomic E-state index is 0.0161. The molecule has 0 heterocycles. The van der Waals surface area contributed by atoms with Gasteiger partial charge >= 0.3 is 0 Å². The zero-order valence-electron chi connectivity index (χ0n) is 12.6. The van der Waals surface area contributed by atoms with Gasteiger partial charge in [-0.1, -0.05) is 24.3 Å². The highest BCUT2D eigenvalue weighted by molar-refractivity contribution is 5.92. The molecule has 0 atom stereocenters. The molecular formula is C16H17N3O4. The van der Waals surface area contributed by atoms with E-state index in [2.05, 4.69) is 10.6 Å². The van der Waals surface area contributed by atoms with Crippen LogP contribution in [-0.4, -0.2) is 24.5 Å². The molecule has 0 aliphatic heterocycles. The van der Waals surface area contributed by atoms with Crippen molar-refractivity contribution in [3.8, 4) is 5.75 Å². The molecule has 23 heavy (non-hydrogen) atoms. The minimum Gasteiger partial charge on any atom is -0.495 e. The van der Waals surface area contributed by atoms with Crippen molar-refractivity contribution in [2.24, 2.45) is 0 Å². The number of nitro benzene ring substituents is 1. The molecule has 2 rings (SSSR count). The molecule has 0 spiro atoms. The summed E-state index contributed by atoms with van der Waals surface area (Å²) in [5, 5.41) is 16.6. The molecule has 1 amide bonds. The topological polar surface area (TPSA) is 93.5 Å². The van der Waals surface area contributed by atoms with Crippen molar-refractivity contribution in [1.82, 2.24) is 0 Å². The van der Waals surface area contributed by atoms with Crippen molar-refractivity contribution >= 4 is 23.0 Å². The van der Waals surface area contributed by atoms with Gasteiger partial charge in [0.25, 0.3) is 5.69 Å². The fourth-order valence-electron chi connectivity index (χ4n) is 2.05. The zero-order chi connectivity index (χ0) is 16.7. The van der Waals surface area contributed by atoms with Crippen LogP contribution in [0.4, 0.5) is 17.1 Å². The Kier molecular flexibility index (Phi) is 5.51. The Balaban J connectivity index is 1.89. The highest BCUT2D eigenvalue weighted by atomic mass is 16.6. The van der Waals surface area contributed by atoms with Gasteiger partial charge in [0.1, 0.15) is 11.4 Å². The van der Waals surface area contributed by atoms with Crippen LogP contribution in [0.5, 0.6) is 5.75 Å². The van der Waals surface area contributed by atoms with E-state index in [-0.39, 0.29) is 24.6 Å². The molecule has 2 aromatic carbocycles. The summed E-state index contributed by atoms with van der Waals surface area (Å²) in [7, 11) is 1.53. The maximum Gasteiger partial charge on any atom is 0.292 e. The van der Waals surface area contributed by atoms with E-state index >= 15 is 0 Å². The van der Waals surface area contributed by atoms with E-state index in [0.29, 0.717) is 17.1 Å². The number of carbonyl (C=O) groups excluding carboxylic acids is 1. The van der Waals surface area contributed by atoms with Crippen LogP contribution in [0, 0.1) is 10.1 Å². The second kappa shape index (κ2) is 7.79. The largest absolute Gasteiger partial charge is 0.495 e. The van der Waals surface area contributed by atoms with Gasteiger partial charge in [0.15, 0.2) is 0 Å². The van der Waals surface area contributed by atoms with Crippen molar-refractivity contribution in [1.29, 1.82) is 0 Å². The van der Waals surface area contributed by atoms with Gasteiger partial charge in [0.2, 0.25) is 5.91 Å². The molecule has 0 radical (unpaired) electrons. The molecule has 7 nitrogen and oxygen atoms in total. The monoisotopic (exact) mass is 315 g/mol. The Labute approximate surface area is 133 Å². The zero-order valence-corrected chi connectivity index (χ0v) is 12.6. The summed E-state index contributed by atoms with van der Waals surface area (Å²) in [5.41, 5.74) is 0.964. The highest BCUT2D eigenvalue weighted by Crippen LogP contribution is 2.24. The SMILES string of the molecule is COc1ccccc1NC(=O)CCNc1ccccc1[N+](=O)[O-]. The Bertz CT molecular complexity index is 703. The predicted octanol–water partition coefficient (Wildman–Crippen LogP) is 3.04. The third-order valence-corrected chi connectivity index (χ3v) is 3.15. The van der Waals surface area contributed by atoms with E-state index in [1.54, 1.807) is 36.4 Å². The summed E-state index contributed by atoms with van der Waals surface area (Å²) >= 11 is 0. The Morgan fingerprint density at radius 2 is 1.78 bits per heavy atom. The van der Waals surface area contributed by atoms with Crippen LogP contribution in [-0.2, 0) is 4.79 Å². The fraction of sp³-hybridized carbons (Fsp3) is 0.188. The first kappa shape index (κ1) is 16.3. The van der Waals surface area contributed by atoms with E-state index < -0.39 is 4.92 Å². The number of rotatable bonds is 7. The van der Waals surface area contributed by atoms with Gasteiger partial charge in [-0.3, -0.25) is 14.9 Å². The first-order valence-electron chi connectivity index (χ1n) is 7.02. The van der Waals surface area contributed by atoms with Crippen LogP contribution in [0.2, 0.25) is 0 Å². The van der Waals surface area contributed by atoms with Crippen molar-refractivity contribution in [2.45, 2.75) is 6.42 Å². The third kappa shape index (κ3) is 4.44. The van der Waals surface area contributed by atoms with Gasteiger partial charge in [-0.25, -0.2) is 0 Å². The van der Waals surface area contributed by atoms with Crippen molar-refractivity contribution in [3.05, 3.63) is 58.6 Å². The fourth-order valence-corrected chi connectivity index (χ4v) is 2.05. The number of para-hydroxylation sites is 4. The number of ether oxygens (including phenoxy) is 1. The lowest BCUT2D eigenvalue weighted by Crippen LogP contribution is -2.17. The van der Waals surface area contributed by atoms with Crippen molar-refractivity contribution < 1.29 is 14.5 Å². The molecule has 0 aliphatic rings. The molecule has 2 aromatic rings. The van der Waals surface area contributed by atoms with Crippen LogP contribution < -0.4 is 15.4 Å². The Hall–Kier alpha value is -3.09. The summed E-state index contributed by atoms with van der Waals surface area (Å²) in [4.78, 5) is 22.4. The first-order chi connectivity index (χ1) is 11.1. The first-order valence-corrected chi connectivity index (χ1v) is 7.02. The van der Waals surface area contributed by atoms with Gasteiger partial charge in [-0.2, -0.15) is 0 Å². The van der Waals surface area contributed by atoms with E-state index in [1.807, 2.05) is 6.07 Å². The lowest BCUT2D eigenvalue weighted by Gasteiger charge is -2.10. The quantitative estimate of drug-likeness (QED) is 0.605. The molecule has 0 aliphatic carbocycles. The number of nitrogens with zero attached hydrogens (tertiary/aromatic N) is 1. The molecule has 120 valence electrons. The Morgan fingerprint density at radius 1 is 1.13 bits per heavy atom. The second-order valence-corrected chi connectivity index (χ2v) is 4.70. The van der Waals surface area contributed by atoms with Crippen LogP contribution in [0.1, 0.15) is 6.42 Å². The average Bonchev–Trinajstić information content (AvgIpc) is 2.55. The van der Waals surface area contributed by atoms with Crippen LogP contribution in [0.25, 0.3) is 0 Å². The molecule has 0 unspecified atom stereocenters. The summed E-state index contributed by atoms with van der Waals surface area (Å²) in [6.07, 6.45) is 0.171. The smallest absolute Gasteiger partial charge is 0.292 e. The molecular weight excluding hydrogens is 298 g/mol. The number of nitro groups is 1. The van der Waals surface area contributed by atoms with Crippen LogP contribution >= 0.6 is 0 Å². The van der Waals surface area contributed by atoms with Crippen molar-refractivity contribution in [2.75, 3.05) is 24.3 Å². The van der Waals surface area contributed by atoms with Gasteiger partial charge in [-0.15, -0.1) is 0 Å². The molecule has 0 fully saturated rings. The van der Waals surface area contributed by atoms with Crippen LogP contribution in [0.3, 0.4) is 0 Å². The molecule has 7 heteroatoms. The van der Waals surface area contributed by atoms with Gasteiger partial charge < -0.3 is 15.4 Å². The van der Waals surface area contributed by atoms with Gasteiger partial charge in [0, 0.05) is 19.0 Å². The molecule has 0 saturated heterocycles. The van der Waals surface area contributed by atoms with E-state index in [9.17, 15) is 14.9 Å².